The van der Waals surface area contributed by atoms with Gasteiger partial charge in [0.2, 0.25) is 0 Å². The summed E-state index contributed by atoms with van der Waals surface area (Å²) in [6, 6.07) is 108. The lowest BCUT2D eigenvalue weighted by Gasteiger charge is -2.45. The van der Waals surface area contributed by atoms with Gasteiger partial charge in [-0.25, -0.2) is 0 Å². The smallest absolute Gasteiger partial charge is 0.254 e. The molecule has 0 atom stereocenters. The molecule has 13 aromatic carbocycles. The van der Waals surface area contributed by atoms with E-state index >= 15 is 0 Å². The molecule has 2 aliphatic heterocycles. The normalized spacial score (nSPS) is 12.5. The second-order valence-corrected chi connectivity index (χ2v) is 24.0. The van der Waals surface area contributed by atoms with E-state index in [4.69, 9.17) is 0 Å². The highest BCUT2D eigenvalue weighted by atomic mass is 32.1. The Morgan fingerprint density at radius 2 is 0.795 bits per heavy atom. The molecule has 5 heterocycles. The molecule has 18 rings (SSSR count). The van der Waals surface area contributed by atoms with Crippen molar-refractivity contribution in [2.45, 2.75) is 0 Å². The fraction of sp³-hybridized carbons (Fsp3) is 0. The molecule has 3 aromatic heterocycles. The number of thiophene rings is 1. The molecule has 0 saturated carbocycles. The average molecular weight is 1140 g/mol. The van der Waals surface area contributed by atoms with Gasteiger partial charge in [0.1, 0.15) is 0 Å². The third kappa shape index (κ3) is 7.28. The quantitative estimate of drug-likeness (QED) is 0.149. The van der Waals surface area contributed by atoms with Gasteiger partial charge in [-0.2, -0.15) is 10.5 Å². The predicted molar refractivity (Wildman–Crippen MR) is 368 cm³/mol. The van der Waals surface area contributed by atoms with Crippen molar-refractivity contribution in [1.82, 2.24) is 9.13 Å². The van der Waals surface area contributed by atoms with Crippen LogP contribution in [0.25, 0.3) is 109 Å². The van der Waals surface area contributed by atoms with Gasteiger partial charge in [0.25, 0.3) is 6.71 Å². The van der Waals surface area contributed by atoms with E-state index in [9.17, 15) is 10.5 Å². The molecule has 0 aliphatic carbocycles. The molecular formula is C80H47BN6S. The first kappa shape index (κ1) is 49.7. The Kier molecular flexibility index (Phi) is 11.0. The van der Waals surface area contributed by atoms with E-state index in [1.807, 2.05) is 29.5 Å². The minimum atomic E-state index is -0.272. The zero-order chi connectivity index (χ0) is 58.1. The lowest BCUT2D eigenvalue weighted by atomic mass is 9.33. The van der Waals surface area contributed by atoms with E-state index in [1.54, 1.807) is 0 Å². The number of anilines is 6. The molecule has 8 heteroatoms. The number of nitriles is 2. The highest BCUT2D eigenvalue weighted by molar-refractivity contribution is 7.28. The van der Waals surface area contributed by atoms with Crippen LogP contribution in [0, 0.1) is 22.7 Å². The van der Waals surface area contributed by atoms with Crippen molar-refractivity contribution < 1.29 is 0 Å². The molecule has 6 nitrogen and oxygen atoms in total. The largest absolute Gasteiger partial charge is 0.311 e. The number of para-hydroxylation sites is 4. The summed E-state index contributed by atoms with van der Waals surface area (Å²) < 4.78 is 7.27. The topological polar surface area (TPSA) is 63.9 Å². The van der Waals surface area contributed by atoms with Gasteiger partial charge < -0.3 is 18.9 Å². The van der Waals surface area contributed by atoms with Crippen LogP contribution in [-0.2, 0) is 0 Å². The summed E-state index contributed by atoms with van der Waals surface area (Å²) in [6.07, 6.45) is 0. The molecule has 0 bridgehead atoms. The molecule has 406 valence electrons. The Morgan fingerprint density at radius 3 is 1.40 bits per heavy atom. The molecule has 0 fully saturated rings. The Morgan fingerprint density at radius 1 is 0.318 bits per heavy atom. The fourth-order valence-corrected chi connectivity index (χ4v) is 15.9. The lowest BCUT2D eigenvalue weighted by molar-refractivity contribution is 1.17. The number of benzene rings is 13. The molecule has 0 amide bonds. The molecular weight excluding hydrogens is 1090 g/mol. The highest BCUT2D eigenvalue weighted by Gasteiger charge is 2.46. The fourth-order valence-electron chi connectivity index (χ4n) is 14.6. The summed E-state index contributed by atoms with van der Waals surface area (Å²) in [4.78, 5) is 5.17. The number of aromatic nitrogens is 2. The number of nitrogens with zero attached hydrogens (tertiary/aromatic N) is 6. The summed E-state index contributed by atoms with van der Waals surface area (Å²) >= 11 is 1.88. The van der Waals surface area contributed by atoms with Crippen molar-refractivity contribution >= 4 is 132 Å². The molecule has 0 spiro atoms. The monoisotopic (exact) mass is 1130 g/mol. The molecule has 0 unspecified atom stereocenters. The first-order valence-electron chi connectivity index (χ1n) is 29.7. The van der Waals surface area contributed by atoms with Gasteiger partial charge in [0.05, 0.1) is 62.4 Å². The van der Waals surface area contributed by atoms with Crippen molar-refractivity contribution in [3.63, 3.8) is 0 Å². The summed E-state index contributed by atoms with van der Waals surface area (Å²) in [5, 5.41) is 27.2. The van der Waals surface area contributed by atoms with Crippen LogP contribution in [0.3, 0.4) is 0 Å². The van der Waals surface area contributed by atoms with Crippen LogP contribution in [-0.4, -0.2) is 15.8 Å². The second-order valence-electron chi connectivity index (χ2n) is 22.9. The van der Waals surface area contributed by atoms with E-state index in [2.05, 4.69) is 298 Å². The van der Waals surface area contributed by atoms with Crippen molar-refractivity contribution in [3.05, 3.63) is 296 Å². The zero-order valence-corrected chi connectivity index (χ0v) is 48.1. The lowest BCUT2D eigenvalue weighted by Crippen LogP contribution is -2.61. The summed E-state index contributed by atoms with van der Waals surface area (Å²) in [7, 11) is 0. The minimum absolute atomic E-state index is 0.272. The molecule has 16 aromatic rings. The Hall–Kier alpha value is -11.7. The maximum atomic E-state index is 10.4. The van der Waals surface area contributed by atoms with Crippen LogP contribution in [0.1, 0.15) is 11.1 Å². The third-order valence-electron chi connectivity index (χ3n) is 18.3. The maximum absolute atomic E-state index is 10.4. The van der Waals surface area contributed by atoms with Crippen LogP contribution >= 0.6 is 11.3 Å². The molecule has 2 aliphatic rings. The van der Waals surface area contributed by atoms with Gasteiger partial charge in [-0.15, -0.1) is 11.3 Å². The van der Waals surface area contributed by atoms with Gasteiger partial charge >= 0.3 is 0 Å². The summed E-state index contributed by atoms with van der Waals surface area (Å²) in [5.74, 6) is 0. The van der Waals surface area contributed by atoms with Crippen molar-refractivity contribution in [2.75, 3.05) is 9.80 Å². The summed E-state index contributed by atoms with van der Waals surface area (Å²) in [5.41, 5.74) is 24.4. The van der Waals surface area contributed by atoms with Crippen molar-refractivity contribution in [1.29, 1.82) is 10.5 Å². The van der Waals surface area contributed by atoms with Gasteiger partial charge in [-0.05, 0) is 136 Å². The molecule has 0 saturated heterocycles. The Balaban J connectivity index is 1.03. The number of hydrogen-bond donors (Lipinski definition) is 0. The van der Waals surface area contributed by atoms with Gasteiger partial charge in [0.15, 0.2) is 0 Å². The minimum Gasteiger partial charge on any atom is -0.311 e. The van der Waals surface area contributed by atoms with Gasteiger partial charge in [-0.1, -0.05) is 188 Å². The highest BCUT2D eigenvalue weighted by Crippen LogP contribution is 2.53. The van der Waals surface area contributed by atoms with E-state index in [1.165, 1.54) is 36.6 Å². The maximum Gasteiger partial charge on any atom is 0.254 e. The molecule has 88 heavy (non-hydrogen) atoms. The predicted octanol–water partition coefficient (Wildman–Crippen LogP) is 19.1. The van der Waals surface area contributed by atoms with Crippen LogP contribution in [0.4, 0.5) is 34.1 Å². The van der Waals surface area contributed by atoms with E-state index in [0.717, 1.165) is 122 Å². The van der Waals surface area contributed by atoms with E-state index in [-0.39, 0.29) is 6.71 Å². The average Bonchev–Trinajstić information content (AvgIpc) is 2.52. The molecule has 0 N–H and O–H groups in total. The SMILES string of the molecule is N#Cc1ccc2c(c1)c1ccccc1n2-c1ccc2c(c1)N(c1ccccc1-c1ccccc1)c1cc(-c3ccccc3)cc3c1B2c1c(cc(-n2c4ccccc4c4cc(C#N)ccc42)c2c1sc1ccccc12)N3c1ccccc1-c1ccccc1. The first-order chi connectivity index (χ1) is 43.6. The molecule has 0 radical (unpaired) electrons. The van der Waals surface area contributed by atoms with Crippen LogP contribution in [0.5, 0.6) is 0 Å². The standard InChI is InChI=1S/C80H47BN6S/c82-48-50-36-40-69-62(42-50)59-28-12-17-33-67(59)84(69)56-38-39-64-71(46-56)86(65-31-15-10-26-57(65)53-22-6-2-7-23-53)73-44-55(52-20-4-1-5-21-52)45-74-78(73)81(64)79-75(87(74)66-32-16-11-27-58(66)54-24-8-3-9-25-54)47-72(77-61-30-14-19-35-76(61)88-80(77)79)85-68-34-18-13-29-60(68)63-43-51(49-83)37-41-70(63)85/h1-47H. The zero-order valence-electron chi connectivity index (χ0n) is 47.3. The summed E-state index contributed by atoms with van der Waals surface area (Å²) in [6.45, 7) is -0.272. The van der Waals surface area contributed by atoms with E-state index in [0.29, 0.717) is 11.1 Å². The van der Waals surface area contributed by atoms with Gasteiger partial charge in [-0.3, -0.25) is 0 Å². The van der Waals surface area contributed by atoms with E-state index < -0.39 is 0 Å². The van der Waals surface area contributed by atoms with Crippen molar-refractivity contribution in [2.24, 2.45) is 0 Å². The van der Waals surface area contributed by atoms with Crippen LogP contribution in [0.15, 0.2) is 285 Å². The third-order valence-corrected chi connectivity index (χ3v) is 19.5. The Labute approximate surface area is 511 Å². The number of rotatable bonds is 7. The van der Waals surface area contributed by atoms with Crippen LogP contribution < -0.4 is 26.2 Å². The number of hydrogen-bond acceptors (Lipinski definition) is 5. The van der Waals surface area contributed by atoms with Crippen molar-refractivity contribution in [3.8, 4) is 56.9 Å². The first-order valence-corrected chi connectivity index (χ1v) is 30.5. The van der Waals surface area contributed by atoms with Gasteiger partial charge in [0, 0.05) is 81.3 Å². The second kappa shape index (κ2) is 19.4. The number of fused-ring (bicyclic) bond motifs is 14. The van der Waals surface area contributed by atoms with Crippen LogP contribution in [0.2, 0.25) is 0 Å². The Bertz CT molecular complexity index is 5670.